The predicted molar refractivity (Wildman–Crippen MR) is 80.9 cm³/mol. The molecule has 4 nitrogen and oxygen atoms in total. The fourth-order valence-electron chi connectivity index (χ4n) is 2.64. The first-order valence-corrected chi connectivity index (χ1v) is 7.16. The average molecular weight is 273 g/mol. The minimum absolute atomic E-state index is 0.444. The summed E-state index contributed by atoms with van der Waals surface area (Å²) < 4.78 is 5.15. The van der Waals surface area contributed by atoms with Crippen LogP contribution in [0, 0.1) is 11.3 Å². The van der Waals surface area contributed by atoms with E-state index in [0.29, 0.717) is 6.04 Å². The van der Waals surface area contributed by atoms with Crippen LogP contribution in [0.4, 0.5) is 5.69 Å². The molecular formula is C16H23N3O. The van der Waals surface area contributed by atoms with E-state index < -0.39 is 5.54 Å². The molecule has 2 rings (SSSR count). The largest absolute Gasteiger partial charge is 0.497 e. The monoisotopic (exact) mass is 273 g/mol. The summed E-state index contributed by atoms with van der Waals surface area (Å²) in [5.41, 5.74) is 0.533. The lowest BCUT2D eigenvalue weighted by Gasteiger charge is -2.40. The van der Waals surface area contributed by atoms with Gasteiger partial charge in [-0.05, 0) is 51.0 Å². The Morgan fingerprint density at radius 3 is 2.30 bits per heavy atom. The zero-order valence-electron chi connectivity index (χ0n) is 12.5. The zero-order chi connectivity index (χ0) is 14.6. The highest BCUT2D eigenvalue weighted by Gasteiger charge is 2.35. The smallest absolute Gasteiger partial charge is 0.127 e. The van der Waals surface area contributed by atoms with Gasteiger partial charge in [-0.2, -0.15) is 5.26 Å². The second kappa shape index (κ2) is 6.15. The topological polar surface area (TPSA) is 48.3 Å². The summed E-state index contributed by atoms with van der Waals surface area (Å²) in [5, 5.41) is 13.0. The van der Waals surface area contributed by atoms with E-state index in [1.165, 1.54) is 0 Å². The average Bonchev–Trinajstić information content (AvgIpc) is 2.48. The quantitative estimate of drug-likeness (QED) is 0.916. The van der Waals surface area contributed by atoms with E-state index in [0.717, 1.165) is 37.4 Å². The maximum Gasteiger partial charge on any atom is 0.127 e. The maximum absolute atomic E-state index is 9.57. The van der Waals surface area contributed by atoms with Gasteiger partial charge >= 0.3 is 0 Å². The molecule has 1 aliphatic rings. The zero-order valence-corrected chi connectivity index (χ0v) is 12.5. The Balaban J connectivity index is 2.04. The van der Waals surface area contributed by atoms with Gasteiger partial charge in [0.1, 0.15) is 11.3 Å². The second-order valence-corrected chi connectivity index (χ2v) is 5.68. The minimum Gasteiger partial charge on any atom is -0.497 e. The van der Waals surface area contributed by atoms with Crippen LogP contribution < -0.4 is 10.1 Å². The molecule has 0 saturated carbocycles. The summed E-state index contributed by atoms with van der Waals surface area (Å²) in [6.45, 7) is 6.34. The van der Waals surface area contributed by atoms with E-state index in [4.69, 9.17) is 4.74 Å². The van der Waals surface area contributed by atoms with Crippen LogP contribution in [-0.2, 0) is 0 Å². The third kappa shape index (κ3) is 3.23. The van der Waals surface area contributed by atoms with Crippen molar-refractivity contribution in [1.82, 2.24) is 4.90 Å². The van der Waals surface area contributed by atoms with Gasteiger partial charge in [0.2, 0.25) is 0 Å². The van der Waals surface area contributed by atoms with Gasteiger partial charge in [0.25, 0.3) is 0 Å². The number of nitrogens with one attached hydrogen (secondary N) is 1. The van der Waals surface area contributed by atoms with E-state index >= 15 is 0 Å². The number of hydrogen-bond donors (Lipinski definition) is 1. The molecule has 0 spiro atoms. The number of anilines is 1. The molecule has 1 fully saturated rings. The maximum atomic E-state index is 9.57. The van der Waals surface area contributed by atoms with E-state index in [1.807, 2.05) is 24.3 Å². The lowest BCUT2D eigenvalue weighted by Crippen LogP contribution is -2.50. The molecule has 20 heavy (non-hydrogen) atoms. The highest BCUT2D eigenvalue weighted by Crippen LogP contribution is 2.28. The molecule has 4 heteroatoms. The highest BCUT2D eigenvalue weighted by atomic mass is 16.5. The van der Waals surface area contributed by atoms with E-state index in [2.05, 4.69) is 30.1 Å². The summed E-state index contributed by atoms with van der Waals surface area (Å²) in [5.74, 6) is 0.830. The first-order valence-electron chi connectivity index (χ1n) is 7.16. The molecule has 108 valence electrons. The molecule has 0 bridgehead atoms. The Morgan fingerprint density at radius 2 is 1.85 bits per heavy atom. The Labute approximate surface area is 121 Å². The Hall–Kier alpha value is -1.73. The van der Waals surface area contributed by atoms with Gasteiger partial charge in [0.15, 0.2) is 0 Å². The van der Waals surface area contributed by atoms with Crippen LogP contribution in [-0.4, -0.2) is 36.7 Å². The van der Waals surface area contributed by atoms with Crippen molar-refractivity contribution in [2.75, 3.05) is 25.5 Å². The number of benzene rings is 1. The number of rotatable bonds is 4. The van der Waals surface area contributed by atoms with Crippen LogP contribution in [0.2, 0.25) is 0 Å². The minimum atomic E-state index is -0.444. The van der Waals surface area contributed by atoms with Crippen molar-refractivity contribution in [2.45, 2.75) is 38.3 Å². The molecule has 0 amide bonds. The van der Waals surface area contributed by atoms with E-state index in [9.17, 15) is 5.26 Å². The molecule has 0 aliphatic carbocycles. The summed E-state index contributed by atoms with van der Waals surface area (Å²) >= 11 is 0. The summed E-state index contributed by atoms with van der Waals surface area (Å²) in [6.07, 6.45) is 1.71. The van der Waals surface area contributed by atoms with Crippen LogP contribution in [0.15, 0.2) is 24.3 Å². The van der Waals surface area contributed by atoms with Crippen LogP contribution >= 0.6 is 0 Å². The third-order valence-corrected chi connectivity index (χ3v) is 4.07. The van der Waals surface area contributed by atoms with Crippen molar-refractivity contribution in [1.29, 1.82) is 5.26 Å². The third-order valence-electron chi connectivity index (χ3n) is 4.07. The first kappa shape index (κ1) is 14.7. The number of hydrogen-bond acceptors (Lipinski definition) is 4. The SMILES string of the molecule is COc1ccc(NC2(C#N)CCN(C(C)C)CC2)cc1. The van der Waals surface area contributed by atoms with E-state index in [-0.39, 0.29) is 0 Å². The molecular weight excluding hydrogens is 250 g/mol. The molecule has 0 radical (unpaired) electrons. The summed E-state index contributed by atoms with van der Waals surface area (Å²) in [4.78, 5) is 2.42. The molecule has 1 aromatic rings. The van der Waals surface area contributed by atoms with Gasteiger partial charge in [-0.15, -0.1) is 0 Å². The fraction of sp³-hybridized carbons (Fsp3) is 0.562. The normalized spacial score (nSPS) is 18.6. The van der Waals surface area contributed by atoms with Gasteiger partial charge in [0, 0.05) is 24.8 Å². The van der Waals surface area contributed by atoms with Crippen molar-refractivity contribution in [3.8, 4) is 11.8 Å². The number of nitriles is 1. The standard InChI is InChI=1S/C16H23N3O/c1-13(2)19-10-8-16(12-17,9-11-19)18-14-4-6-15(20-3)7-5-14/h4-7,13,18H,8-11H2,1-3H3. The van der Waals surface area contributed by atoms with Crippen molar-refractivity contribution < 1.29 is 4.74 Å². The van der Waals surface area contributed by atoms with Gasteiger partial charge < -0.3 is 15.0 Å². The number of ether oxygens (including phenoxy) is 1. The van der Waals surface area contributed by atoms with Crippen molar-refractivity contribution in [3.63, 3.8) is 0 Å². The van der Waals surface area contributed by atoms with Gasteiger partial charge in [0.05, 0.1) is 13.2 Å². The van der Waals surface area contributed by atoms with Crippen LogP contribution in [0.25, 0.3) is 0 Å². The van der Waals surface area contributed by atoms with Crippen LogP contribution in [0.1, 0.15) is 26.7 Å². The Morgan fingerprint density at radius 1 is 1.25 bits per heavy atom. The Bertz CT molecular complexity index is 467. The van der Waals surface area contributed by atoms with Crippen LogP contribution in [0.3, 0.4) is 0 Å². The molecule has 1 aromatic carbocycles. The lowest BCUT2D eigenvalue weighted by molar-refractivity contribution is 0.160. The van der Waals surface area contributed by atoms with Gasteiger partial charge in [-0.3, -0.25) is 0 Å². The molecule has 1 N–H and O–H groups in total. The van der Waals surface area contributed by atoms with Gasteiger partial charge in [-0.1, -0.05) is 0 Å². The number of nitrogens with zero attached hydrogens (tertiary/aromatic N) is 2. The van der Waals surface area contributed by atoms with E-state index in [1.54, 1.807) is 7.11 Å². The number of piperidine rings is 1. The van der Waals surface area contributed by atoms with Gasteiger partial charge in [-0.25, -0.2) is 0 Å². The molecule has 0 aromatic heterocycles. The van der Waals surface area contributed by atoms with Crippen LogP contribution in [0.5, 0.6) is 5.75 Å². The lowest BCUT2D eigenvalue weighted by atomic mass is 9.88. The summed E-state index contributed by atoms with van der Waals surface area (Å²) in [7, 11) is 1.65. The van der Waals surface area contributed by atoms with Crippen molar-refractivity contribution >= 4 is 5.69 Å². The highest BCUT2D eigenvalue weighted by molar-refractivity contribution is 5.50. The molecule has 0 atom stereocenters. The molecule has 1 heterocycles. The van der Waals surface area contributed by atoms with Crippen molar-refractivity contribution in [3.05, 3.63) is 24.3 Å². The Kier molecular flexibility index (Phi) is 4.51. The molecule has 0 unspecified atom stereocenters. The number of likely N-dealkylation sites (tertiary alicyclic amines) is 1. The first-order chi connectivity index (χ1) is 9.58. The summed E-state index contributed by atoms with van der Waals surface area (Å²) in [6, 6.07) is 10.8. The predicted octanol–water partition coefficient (Wildman–Crippen LogP) is 2.87. The molecule has 1 aliphatic heterocycles. The fourth-order valence-corrected chi connectivity index (χ4v) is 2.64. The van der Waals surface area contributed by atoms with Crippen molar-refractivity contribution in [2.24, 2.45) is 0 Å². The second-order valence-electron chi connectivity index (χ2n) is 5.68. The number of methoxy groups -OCH3 is 1. The molecule has 1 saturated heterocycles.